The first-order valence-electron chi connectivity index (χ1n) is 18.3. The van der Waals surface area contributed by atoms with Crippen molar-refractivity contribution in [3.05, 3.63) is 43.7 Å². The van der Waals surface area contributed by atoms with Crippen molar-refractivity contribution < 1.29 is 69.6 Å². The van der Waals surface area contributed by atoms with Crippen LogP contribution in [0.3, 0.4) is 0 Å². The average Bonchev–Trinajstić information content (AvgIpc) is 3.23. The predicted molar refractivity (Wildman–Crippen MR) is 278 cm³/mol. The molecule has 0 aliphatic heterocycles. The number of carbonyl (C=O) groups is 6. The van der Waals surface area contributed by atoms with Gasteiger partial charge in [-0.15, -0.1) is 0 Å². The Hall–Kier alpha value is -0.680. The third-order valence-corrected chi connectivity index (χ3v) is 14.6. The molecule has 12 N–H and O–H groups in total. The van der Waals surface area contributed by atoms with E-state index >= 15 is 0 Å². The van der Waals surface area contributed by atoms with Gasteiger partial charge in [0.15, 0.2) is 0 Å². The van der Waals surface area contributed by atoms with Crippen LogP contribution in [0.25, 0.3) is 0 Å². The first-order chi connectivity index (χ1) is 29.1. The molecule has 0 aromatic heterocycles. The number of anilines is 2. The van der Waals surface area contributed by atoms with Crippen molar-refractivity contribution in [3.8, 4) is 0 Å². The van der Waals surface area contributed by atoms with Crippen molar-refractivity contribution in [3.63, 3.8) is 0 Å². The molecule has 62 heavy (non-hydrogen) atoms. The van der Waals surface area contributed by atoms with E-state index in [4.69, 9.17) is 15.3 Å². The van der Waals surface area contributed by atoms with E-state index < -0.39 is 74.0 Å². The highest BCUT2D eigenvalue weighted by atomic mass is 127. The number of hydrogen-bond acceptors (Lipinski definition) is 14. The molecule has 0 saturated heterocycles. The maximum absolute atomic E-state index is 13.0. The minimum atomic E-state index is -1.15. The highest BCUT2D eigenvalue weighted by Crippen LogP contribution is 2.39. The molecule has 0 aliphatic rings. The molecule has 0 heterocycles. The number of carbonyl (C=O) groups excluding carboxylic acids is 6. The molecule has 0 spiro atoms. The van der Waals surface area contributed by atoms with Gasteiger partial charge in [-0.1, -0.05) is 6.92 Å². The number of halogens is 6. The Kier molecular flexibility index (Phi) is 28.6. The largest absolute Gasteiger partial charge is 0.394 e. The van der Waals surface area contributed by atoms with Gasteiger partial charge in [0, 0.05) is 39.9 Å². The Morgan fingerprint density at radius 2 is 0.790 bits per heavy atom. The molecular formula is C36H48I6N6O14. The van der Waals surface area contributed by atoms with Gasteiger partial charge in [0.05, 0.1) is 105 Å². The monoisotopic (exact) mass is 1550 g/mol. The standard InChI is InChI=1S/C19H26I3N3O7.C17H22I3N3O7/c1-3-10(29)4-23-18(31)12-14(20)13(19(32)24-5-11(30)7-26)16(22)17(15(12)21)25(8-27)6-9(2)28;1-2-23(7-26)15-13(19)10(16(29)21-3-8(27)5-24)12(18)11(14(15)20)17(30)22-4-9(28)6-25/h8-11,26,28-30H,3-7H2,1-2H3,(H,23,31)(H,24,32);7-9,24-25,27-28H,2-6H2,1H3,(H,21,29)(H,22,30). The lowest BCUT2D eigenvalue weighted by Crippen LogP contribution is -2.38. The summed E-state index contributed by atoms with van der Waals surface area (Å²) in [5.41, 5.74) is 1.22. The van der Waals surface area contributed by atoms with E-state index in [-0.39, 0.29) is 60.7 Å². The van der Waals surface area contributed by atoms with E-state index in [9.17, 15) is 54.3 Å². The first kappa shape index (κ1) is 59.3. The molecule has 6 amide bonds. The normalized spacial score (nSPS) is 13.3. The maximum Gasteiger partial charge on any atom is 0.253 e. The second kappa shape index (κ2) is 29.9. The van der Waals surface area contributed by atoms with E-state index in [2.05, 4.69) is 21.3 Å². The highest BCUT2D eigenvalue weighted by Gasteiger charge is 2.32. The number of amides is 6. The molecule has 0 saturated carbocycles. The summed E-state index contributed by atoms with van der Waals surface area (Å²) in [5, 5.41) is 85.2. The third kappa shape index (κ3) is 16.9. The quantitative estimate of drug-likeness (QED) is 0.0518. The van der Waals surface area contributed by atoms with E-state index in [1.165, 1.54) is 16.7 Å². The SMILES string of the molecule is CCC(O)CNC(=O)c1c(I)c(C(=O)NCC(O)CO)c(I)c(N(C=O)CC(C)O)c1I.CCN(C=O)c1c(I)c(C(=O)NCC(O)CO)c(I)c(C(=O)NCC(O)CO)c1I. The fourth-order valence-electron chi connectivity index (χ4n) is 4.89. The zero-order chi connectivity index (χ0) is 47.6. The van der Waals surface area contributed by atoms with Crippen molar-refractivity contribution in [2.24, 2.45) is 0 Å². The summed E-state index contributed by atoms with van der Waals surface area (Å²) in [7, 11) is 0. The number of aliphatic hydroxyl groups excluding tert-OH is 8. The smallest absolute Gasteiger partial charge is 0.253 e. The van der Waals surface area contributed by atoms with Gasteiger partial charge in [0.2, 0.25) is 12.8 Å². The summed E-state index contributed by atoms with van der Waals surface area (Å²) >= 11 is 11.4. The van der Waals surface area contributed by atoms with Gasteiger partial charge in [-0.25, -0.2) is 0 Å². The Morgan fingerprint density at radius 3 is 1.02 bits per heavy atom. The van der Waals surface area contributed by atoms with Crippen LogP contribution in [0, 0.1) is 21.4 Å². The number of aliphatic hydroxyl groups is 8. The van der Waals surface area contributed by atoms with Gasteiger partial charge >= 0.3 is 0 Å². The van der Waals surface area contributed by atoms with Crippen molar-refractivity contribution in [1.82, 2.24) is 21.3 Å². The summed E-state index contributed by atoms with van der Waals surface area (Å²) in [6.07, 6.45) is -3.48. The van der Waals surface area contributed by atoms with E-state index in [1.807, 2.05) is 136 Å². The zero-order valence-corrected chi connectivity index (χ0v) is 46.2. The number of nitrogens with one attached hydrogen (secondary N) is 4. The van der Waals surface area contributed by atoms with Crippen molar-refractivity contribution in [2.45, 2.75) is 57.7 Å². The minimum absolute atomic E-state index is 0.0120. The second-order valence-corrected chi connectivity index (χ2v) is 19.5. The molecule has 2 aromatic carbocycles. The van der Waals surface area contributed by atoms with Crippen LogP contribution in [-0.4, -0.2) is 167 Å². The zero-order valence-electron chi connectivity index (χ0n) is 33.3. The van der Waals surface area contributed by atoms with Crippen LogP contribution in [0.2, 0.25) is 0 Å². The summed E-state index contributed by atoms with van der Waals surface area (Å²) in [6, 6.07) is 0. The summed E-state index contributed by atoms with van der Waals surface area (Å²) in [6.45, 7) is 3.08. The van der Waals surface area contributed by atoms with Gasteiger partial charge in [0.1, 0.15) is 0 Å². The molecular weight excluding hydrogens is 1500 g/mol. The van der Waals surface area contributed by atoms with E-state index in [1.54, 1.807) is 13.8 Å². The predicted octanol–water partition coefficient (Wildman–Crippen LogP) is 0.0768. The molecule has 348 valence electrons. The van der Waals surface area contributed by atoms with Crippen LogP contribution in [0.4, 0.5) is 11.4 Å². The van der Waals surface area contributed by atoms with Gasteiger partial charge in [-0.05, 0) is 156 Å². The molecule has 0 fully saturated rings. The lowest BCUT2D eigenvalue weighted by molar-refractivity contribution is -0.108. The highest BCUT2D eigenvalue weighted by molar-refractivity contribution is 14.1. The van der Waals surface area contributed by atoms with Gasteiger partial charge in [0.25, 0.3) is 23.6 Å². The lowest BCUT2D eigenvalue weighted by atomic mass is 10.1. The third-order valence-electron chi connectivity index (χ3n) is 8.22. The molecule has 2 aromatic rings. The minimum Gasteiger partial charge on any atom is -0.394 e. The molecule has 5 atom stereocenters. The van der Waals surface area contributed by atoms with Crippen LogP contribution in [0.15, 0.2) is 0 Å². The number of rotatable bonds is 23. The number of benzene rings is 2. The summed E-state index contributed by atoms with van der Waals surface area (Å²) < 4.78 is 2.31. The molecule has 0 radical (unpaired) electrons. The Morgan fingerprint density at radius 1 is 0.516 bits per heavy atom. The molecule has 5 unspecified atom stereocenters. The van der Waals surface area contributed by atoms with Crippen molar-refractivity contribution >= 4 is 183 Å². The van der Waals surface area contributed by atoms with E-state index in [0.29, 0.717) is 52.9 Å². The molecule has 2 rings (SSSR count). The average molecular weight is 1550 g/mol. The van der Waals surface area contributed by atoms with Gasteiger partial charge < -0.3 is 71.9 Å². The Bertz CT molecular complexity index is 1790. The summed E-state index contributed by atoms with van der Waals surface area (Å²) in [4.78, 5) is 77.6. The molecule has 0 bridgehead atoms. The van der Waals surface area contributed by atoms with Gasteiger partial charge in [-0.2, -0.15) is 0 Å². The van der Waals surface area contributed by atoms with Crippen LogP contribution in [0.5, 0.6) is 0 Å². The fraction of sp³-hybridized carbons (Fsp3) is 0.500. The molecule has 26 heteroatoms. The Balaban J connectivity index is 0.000000621. The van der Waals surface area contributed by atoms with Crippen molar-refractivity contribution in [1.29, 1.82) is 0 Å². The number of nitrogens with zero attached hydrogens (tertiary/aromatic N) is 2. The van der Waals surface area contributed by atoms with Crippen LogP contribution < -0.4 is 31.1 Å². The van der Waals surface area contributed by atoms with E-state index in [0.717, 1.165) is 0 Å². The first-order valence-corrected chi connectivity index (χ1v) is 24.8. The van der Waals surface area contributed by atoms with Crippen molar-refractivity contribution in [2.75, 3.05) is 68.9 Å². The molecule has 0 aliphatic carbocycles. The Labute approximate surface area is 439 Å². The van der Waals surface area contributed by atoms with Crippen LogP contribution in [0.1, 0.15) is 68.6 Å². The van der Waals surface area contributed by atoms with Crippen LogP contribution in [-0.2, 0) is 9.59 Å². The van der Waals surface area contributed by atoms with Gasteiger partial charge in [-0.3, -0.25) is 28.8 Å². The topological polar surface area (TPSA) is 319 Å². The molecule has 20 nitrogen and oxygen atoms in total. The lowest BCUT2D eigenvalue weighted by Gasteiger charge is -2.26. The van der Waals surface area contributed by atoms with Crippen LogP contribution >= 0.6 is 136 Å². The maximum atomic E-state index is 13.0. The number of hydrogen-bond donors (Lipinski definition) is 12. The second-order valence-electron chi connectivity index (χ2n) is 13.0. The summed E-state index contributed by atoms with van der Waals surface area (Å²) in [5.74, 6) is -2.30. The fourth-order valence-corrected chi connectivity index (χ4v) is 14.4.